The van der Waals surface area contributed by atoms with Crippen molar-refractivity contribution >= 4 is 24.6 Å². The summed E-state index contributed by atoms with van der Waals surface area (Å²) >= 11 is 3.91. The van der Waals surface area contributed by atoms with Crippen molar-refractivity contribution in [2.45, 2.75) is 18.6 Å². The molecule has 0 aromatic carbocycles. The number of thiol groups is 1. The summed E-state index contributed by atoms with van der Waals surface area (Å²) in [6.45, 7) is 1.79. The Hall–Kier alpha value is -0.750. The van der Waals surface area contributed by atoms with Crippen LogP contribution in [0.5, 0.6) is 0 Å². The number of carbonyl (C=O) groups excluding carboxylic acids is 2. The third-order valence-corrected chi connectivity index (χ3v) is 1.66. The highest BCUT2D eigenvalue weighted by Crippen LogP contribution is 1.98. The maximum atomic E-state index is 10.8. The zero-order chi connectivity index (χ0) is 8.85. The molecule has 0 aliphatic rings. The lowest BCUT2D eigenvalue weighted by atomic mass is 10.3. The fourth-order valence-electron chi connectivity index (χ4n) is 0.417. The van der Waals surface area contributed by atoms with E-state index in [2.05, 4.69) is 12.6 Å². The van der Waals surface area contributed by atoms with Gasteiger partial charge in [0, 0.05) is 0 Å². The van der Waals surface area contributed by atoms with E-state index in [0.717, 1.165) is 0 Å². The minimum atomic E-state index is -0.720. The quantitative estimate of drug-likeness (QED) is 0.196. The smallest absolute Gasteiger partial charge is 0.276 e. The van der Waals surface area contributed by atoms with Gasteiger partial charge < -0.3 is 0 Å². The van der Waals surface area contributed by atoms with Gasteiger partial charge in [0.15, 0.2) is 0 Å². The van der Waals surface area contributed by atoms with Crippen LogP contribution < -0.4 is 16.6 Å². The maximum Gasteiger partial charge on any atom is 0.335 e. The van der Waals surface area contributed by atoms with Gasteiger partial charge >= 0.3 is 6.03 Å². The molecule has 5 nitrogen and oxygen atoms in total. The van der Waals surface area contributed by atoms with Gasteiger partial charge in [-0.1, -0.05) is 6.92 Å². The summed E-state index contributed by atoms with van der Waals surface area (Å²) in [7, 11) is 0. The summed E-state index contributed by atoms with van der Waals surface area (Å²) in [5, 5.41) is 1.52. The molecule has 0 aliphatic heterocycles. The molecule has 0 aliphatic carbocycles. The van der Waals surface area contributed by atoms with E-state index in [9.17, 15) is 9.59 Å². The van der Waals surface area contributed by atoms with Gasteiger partial charge in [0.1, 0.15) is 0 Å². The Bertz CT molecular complexity index is 162. The lowest BCUT2D eigenvalue weighted by Crippen LogP contribution is -2.45. The molecule has 0 heterocycles. The van der Waals surface area contributed by atoms with Gasteiger partial charge in [-0.15, -0.1) is 0 Å². The summed E-state index contributed by atoms with van der Waals surface area (Å²) in [4.78, 5) is 21.3. The number of amides is 3. The zero-order valence-electron chi connectivity index (χ0n) is 6.13. The summed E-state index contributed by atoms with van der Waals surface area (Å²) in [5.74, 6) is 4.28. The van der Waals surface area contributed by atoms with Gasteiger partial charge in [-0.2, -0.15) is 12.6 Å². The van der Waals surface area contributed by atoms with Crippen LogP contribution >= 0.6 is 12.6 Å². The third-order valence-electron chi connectivity index (χ3n) is 1.06. The largest absolute Gasteiger partial charge is 0.335 e. The minimum Gasteiger partial charge on any atom is -0.276 e. The molecule has 6 heteroatoms. The molecular formula is C5H11N3O2S. The Morgan fingerprint density at radius 2 is 2.18 bits per heavy atom. The van der Waals surface area contributed by atoms with Crippen molar-refractivity contribution in [3.8, 4) is 0 Å². The van der Waals surface area contributed by atoms with Crippen molar-refractivity contribution in [2.75, 3.05) is 0 Å². The van der Waals surface area contributed by atoms with Crippen molar-refractivity contribution in [1.29, 1.82) is 0 Å². The number of nitrogens with one attached hydrogen (secondary N) is 2. The molecule has 3 amide bonds. The van der Waals surface area contributed by atoms with Gasteiger partial charge in [0.25, 0.3) is 0 Å². The van der Waals surface area contributed by atoms with Crippen LogP contribution in [0.25, 0.3) is 0 Å². The van der Waals surface area contributed by atoms with Crippen LogP contribution in [-0.4, -0.2) is 17.2 Å². The highest BCUT2D eigenvalue weighted by Gasteiger charge is 2.13. The molecule has 1 atom stereocenters. The highest BCUT2D eigenvalue weighted by atomic mass is 32.1. The van der Waals surface area contributed by atoms with Gasteiger partial charge in [-0.05, 0) is 6.42 Å². The number of hydrogen-bond donors (Lipinski definition) is 4. The first kappa shape index (κ1) is 10.2. The molecule has 0 saturated heterocycles. The molecule has 64 valence electrons. The molecule has 0 radical (unpaired) electrons. The Labute approximate surface area is 70.1 Å². The van der Waals surface area contributed by atoms with Crippen molar-refractivity contribution in [2.24, 2.45) is 5.84 Å². The number of rotatable bonds is 2. The topological polar surface area (TPSA) is 84.2 Å². The first-order valence-corrected chi connectivity index (χ1v) is 3.63. The highest BCUT2D eigenvalue weighted by molar-refractivity contribution is 7.81. The van der Waals surface area contributed by atoms with Crippen LogP contribution in [0, 0.1) is 0 Å². The number of hydrazine groups is 1. The molecule has 0 aromatic rings. The summed E-state index contributed by atoms with van der Waals surface area (Å²) in [6.07, 6.45) is 0.562. The molecule has 0 fully saturated rings. The summed E-state index contributed by atoms with van der Waals surface area (Å²) < 4.78 is 0. The number of hydrogen-bond acceptors (Lipinski definition) is 4. The van der Waals surface area contributed by atoms with Gasteiger partial charge in [0.05, 0.1) is 5.25 Å². The van der Waals surface area contributed by atoms with E-state index in [-0.39, 0.29) is 0 Å². The van der Waals surface area contributed by atoms with E-state index in [4.69, 9.17) is 5.84 Å². The van der Waals surface area contributed by atoms with Crippen LogP contribution in [0.2, 0.25) is 0 Å². The molecule has 0 bridgehead atoms. The Morgan fingerprint density at radius 3 is 2.55 bits per heavy atom. The van der Waals surface area contributed by atoms with Gasteiger partial charge in [-0.3, -0.25) is 15.5 Å². The molecule has 0 rings (SSSR count). The number of urea groups is 1. The second-order valence-corrected chi connectivity index (χ2v) is 2.51. The first-order valence-electron chi connectivity index (χ1n) is 3.11. The van der Waals surface area contributed by atoms with E-state index in [1.165, 1.54) is 0 Å². The van der Waals surface area contributed by atoms with E-state index in [1.807, 2.05) is 5.32 Å². The van der Waals surface area contributed by atoms with Gasteiger partial charge in [-0.25, -0.2) is 10.6 Å². The normalized spacial score (nSPS) is 11.9. The van der Waals surface area contributed by atoms with Crippen LogP contribution in [0.4, 0.5) is 4.79 Å². The second-order valence-electron chi connectivity index (χ2n) is 1.89. The van der Waals surface area contributed by atoms with Crippen molar-refractivity contribution < 1.29 is 9.59 Å². The third kappa shape index (κ3) is 3.84. The predicted octanol–water partition coefficient (Wildman–Crippen LogP) is -0.606. The average molecular weight is 177 g/mol. The number of imide groups is 1. The Morgan fingerprint density at radius 1 is 1.64 bits per heavy atom. The lowest BCUT2D eigenvalue weighted by Gasteiger charge is -2.06. The Balaban J connectivity index is 3.77. The molecule has 0 saturated carbocycles. The van der Waals surface area contributed by atoms with Gasteiger partial charge in [0.2, 0.25) is 5.91 Å². The SMILES string of the molecule is CCC(S)C(=O)NC(=O)NN. The fourth-order valence-corrected chi connectivity index (χ4v) is 0.481. The summed E-state index contributed by atoms with van der Waals surface area (Å²) in [6, 6.07) is -0.720. The molecule has 1 unspecified atom stereocenters. The molecule has 0 aromatic heterocycles. The van der Waals surface area contributed by atoms with Crippen LogP contribution in [0.1, 0.15) is 13.3 Å². The molecule has 0 spiro atoms. The monoisotopic (exact) mass is 177 g/mol. The van der Waals surface area contributed by atoms with E-state index in [0.29, 0.717) is 6.42 Å². The van der Waals surface area contributed by atoms with Crippen molar-refractivity contribution in [1.82, 2.24) is 10.7 Å². The maximum absolute atomic E-state index is 10.8. The predicted molar refractivity (Wildman–Crippen MR) is 43.9 cm³/mol. The average Bonchev–Trinajstić information content (AvgIpc) is 2.02. The molecule has 4 N–H and O–H groups in total. The van der Waals surface area contributed by atoms with Crippen molar-refractivity contribution in [3.63, 3.8) is 0 Å². The van der Waals surface area contributed by atoms with Crippen LogP contribution in [-0.2, 0) is 4.79 Å². The number of nitrogens with two attached hydrogens (primary N) is 1. The summed E-state index contributed by atoms with van der Waals surface area (Å²) in [5.41, 5.74) is 1.77. The molecular weight excluding hydrogens is 166 g/mol. The van der Waals surface area contributed by atoms with Crippen LogP contribution in [0.15, 0.2) is 0 Å². The lowest BCUT2D eigenvalue weighted by molar-refractivity contribution is -0.119. The standard InChI is InChI=1S/C5H11N3O2S/c1-2-3(11)4(9)7-5(10)8-6/h3,11H,2,6H2,1H3,(H2,7,8,9,10). The minimum absolute atomic E-state index is 0.446. The van der Waals surface area contributed by atoms with Crippen molar-refractivity contribution in [3.05, 3.63) is 0 Å². The number of carbonyl (C=O) groups is 2. The van der Waals surface area contributed by atoms with Crippen LogP contribution in [0.3, 0.4) is 0 Å². The van der Waals surface area contributed by atoms with E-state index >= 15 is 0 Å². The second kappa shape index (κ2) is 4.97. The Kier molecular flexibility index (Phi) is 4.64. The molecule has 11 heavy (non-hydrogen) atoms. The van der Waals surface area contributed by atoms with E-state index < -0.39 is 17.2 Å². The fraction of sp³-hybridized carbons (Fsp3) is 0.600. The van der Waals surface area contributed by atoms with E-state index in [1.54, 1.807) is 12.3 Å². The first-order chi connectivity index (χ1) is 5.11. The zero-order valence-corrected chi connectivity index (χ0v) is 7.02.